The van der Waals surface area contributed by atoms with Crippen molar-refractivity contribution in [1.29, 1.82) is 0 Å². The topological polar surface area (TPSA) is 32.9 Å². The second-order valence-electron chi connectivity index (χ2n) is 5.23. The Morgan fingerprint density at radius 1 is 1.00 bits per heavy atom. The second kappa shape index (κ2) is 6.63. The molecule has 0 saturated carbocycles. The van der Waals surface area contributed by atoms with Gasteiger partial charge in [-0.3, -0.25) is 4.79 Å². The van der Waals surface area contributed by atoms with E-state index in [0.717, 1.165) is 16.8 Å². The van der Waals surface area contributed by atoms with Crippen molar-refractivity contribution < 1.29 is 4.79 Å². The average Bonchev–Trinajstić information content (AvgIpc) is 3.07. The molecule has 1 heterocycles. The molecule has 3 heteroatoms. The number of ketones is 1. The molecule has 0 amide bonds. The van der Waals surface area contributed by atoms with Crippen molar-refractivity contribution in [2.45, 2.75) is 12.3 Å². The fraction of sp³-hybridized carbons (Fsp3) is 0.105. The number of carbonyl (C=O) groups is 1. The van der Waals surface area contributed by atoms with E-state index in [-0.39, 0.29) is 11.7 Å². The molecule has 0 aliphatic heterocycles. The minimum atomic E-state index is -0.0265. The van der Waals surface area contributed by atoms with Gasteiger partial charge < -0.3 is 4.98 Å². The van der Waals surface area contributed by atoms with Crippen LogP contribution in [0.1, 0.15) is 34.0 Å². The van der Waals surface area contributed by atoms with E-state index in [1.807, 2.05) is 72.9 Å². The molecule has 0 saturated heterocycles. The fourth-order valence-corrected chi connectivity index (χ4v) is 2.82. The largest absolute Gasteiger partial charge is 0.364 e. The summed E-state index contributed by atoms with van der Waals surface area (Å²) in [4.78, 5) is 15.8. The molecule has 110 valence electrons. The average molecular weight is 310 g/mol. The maximum Gasteiger partial charge on any atom is 0.163 e. The van der Waals surface area contributed by atoms with Crippen LogP contribution in [0, 0.1) is 0 Å². The Balaban J connectivity index is 1.92. The molecule has 2 nitrogen and oxygen atoms in total. The van der Waals surface area contributed by atoms with Gasteiger partial charge in [-0.05, 0) is 29.8 Å². The summed E-state index contributed by atoms with van der Waals surface area (Å²) in [6.45, 7) is 0. The molecule has 0 aliphatic carbocycles. The Bertz CT molecular complexity index is 750. The summed E-state index contributed by atoms with van der Waals surface area (Å²) in [5.74, 6) is 0.0987. The molecule has 1 atom stereocenters. The van der Waals surface area contributed by atoms with E-state index >= 15 is 0 Å². The molecule has 0 aliphatic rings. The van der Waals surface area contributed by atoms with Crippen LogP contribution in [0.4, 0.5) is 0 Å². The lowest BCUT2D eigenvalue weighted by Crippen LogP contribution is -2.09. The predicted octanol–water partition coefficient (Wildman–Crippen LogP) is 5.07. The first-order valence-electron chi connectivity index (χ1n) is 7.21. The first-order chi connectivity index (χ1) is 10.7. The SMILES string of the molecule is O=C(C[C@@H](c1cccc(Cl)c1)c1ccc[nH]1)c1ccccc1. The van der Waals surface area contributed by atoms with Crippen LogP contribution in [0.3, 0.4) is 0 Å². The molecule has 2 aromatic carbocycles. The van der Waals surface area contributed by atoms with Crippen LogP contribution in [0.2, 0.25) is 5.02 Å². The molecular weight excluding hydrogens is 294 g/mol. The zero-order valence-electron chi connectivity index (χ0n) is 12.0. The number of hydrogen-bond donors (Lipinski definition) is 1. The summed E-state index contributed by atoms with van der Waals surface area (Å²) < 4.78 is 0. The molecule has 3 aromatic rings. The number of hydrogen-bond acceptors (Lipinski definition) is 1. The zero-order valence-corrected chi connectivity index (χ0v) is 12.8. The van der Waals surface area contributed by atoms with Gasteiger partial charge in [-0.15, -0.1) is 0 Å². The van der Waals surface area contributed by atoms with Gasteiger partial charge in [0.2, 0.25) is 0 Å². The van der Waals surface area contributed by atoms with E-state index in [0.29, 0.717) is 11.4 Å². The lowest BCUT2D eigenvalue weighted by Gasteiger charge is -2.16. The van der Waals surface area contributed by atoms with E-state index in [4.69, 9.17) is 11.6 Å². The summed E-state index contributed by atoms with van der Waals surface area (Å²) in [6.07, 6.45) is 2.28. The molecule has 0 spiro atoms. The van der Waals surface area contributed by atoms with E-state index in [1.54, 1.807) is 0 Å². The van der Waals surface area contributed by atoms with Crippen molar-refractivity contribution in [1.82, 2.24) is 4.98 Å². The van der Waals surface area contributed by atoms with Crippen LogP contribution in [0.25, 0.3) is 0 Å². The van der Waals surface area contributed by atoms with Crippen LogP contribution in [0.15, 0.2) is 72.9 Å². The van der Waals surface area contributed by atoms with Crippen LogP contribution in [0.5, 0.6) is 0 Å². The highest BCUT2D eigenvalue weighted by molar-refractivity contribution is 6.30. The third-order valence-corrected chi connectivity index (χ3v) is 3.97. The first kappa shape index (κ1) is 14.6. The monoisotopic (exact) mass is 309 g/mol. The number of Topliss-reactive ketones (excluding diaryl/α,β-unsaturated/α-hetero) is 1. The van der Waals surface area contributed by atoms with Gasteiger partial charge in [-0.2, -0.15) is 0 Å². The van der Waals surface area contributed by atoms with Gasteiger partial charge in [0.25, 0.3) is 0 Å². The predicted molar refractivity (Wildman–Crippen MR) is 89.5 cm³/mol. The zero-order chi connectivity index (χ0) is 15.4. The number of benzene rings is 2. The lowest BCUT2D eigenvalue weighted by molar-refractivity contribution is 0.0977. The first-order valence-corrected chi connectivity index (χ1v) is 7.59. The van der Waals surface area contributed by atoms with Crippen molar-refractivity contribution in [3.05, 3.63) is 94.8 Å². The minimum Gasteiger partial charge on any atom is -0.364 e. The number of rotatable bonds is 5. The van der Waals surface area contributed by atoms with E-state index < -0.39 is 0 Å². The third kappa shape index (κ3) is 3.29. The van der Waals surface area contributed by atoms with Crippen molar-refractivity contribution in [2.75, 3.05) is 0 Å². The molecule has 0 fully saturated rings. The third-order valence-electron chi connectivity index (χ3n) is 3.73. The van der Waals surface area contributed by atoms with Crippen LogP contribution >= 0.6 is 11.6 Å². The summed E-state index contributed by atoms with van der Waals surface area (Å²) in [7, 11) is 0. The van der Waals surface area contributed by atoms with Gasteiger partial charge in [0.15, 0.2) is 5.78 Å². The number of nitrogens with one attached hydrogen (secondary N) is 1. The van der Waals surface area contributed by atoms with Crippen molar-refractivity contribution >= 4 is 17.4 Å². The van der Waals surface area contributed by atoms with Crippen molar-refractivity contribution in [3.63, 3.8) is 0 Å². The van der Waals surface area contributed by atoms with Crippen LogP contribution in [-0.4, -0.2) is 10.8 Å². The summed E-state index contributed by atoms with van der Waals surface area (Å²) >= 11 is 6.11. The number of H-pyrrole nitrogens is 1. The number of halogens is 1. The molecule has 1 aromatic heterocycles. The van der Waals surface area contributed by atoms with Crippen molar-refractivity contribution in [2.24, 2.45) is 0 Å². The number of carbonyl (C=O) groups excluding carboxylic acids is 1. The van der Waals surface area contributed by atoms with Crippen LogP contribution in [-0.2, 0) is 0 Å². The molecule has 0 unspecified atom stereocenters. The number of aromatic amines is 1. The fourth-order valence-electron chi connectivity index (χ4n) is 2.62. The summed E-state index contributed by atoms with van der Waals surface area (Å²) in [5, 5.41) is 0.682. The van der Waals surface area contributed by atoms with Gasteiger partial charge in [0.1, 0.15) is 0 Å². The van der Waals surface area contributed by atoms with Gasteiger partial charge >= 0.3 is 0 Å². The molecular formula is C19H16ClNO. The Morgan fingerprint density at radius 2 is 1.82 bits per heavy atom. The quantitative estimate of drug-likeness (QED) is 0.655. The Morgan fingerprint density at radius 3 is 2.50 bits per heavy atom. The van der Waals surface area contributed by atoms with Gasteiger partial charge in [0, 0.05) is 34.8 Å². The Labute approximate surface area is 134 Å². The molecule has 0 bridgehead atoms. The molecule has 22 heavy (non-hydrogen) atoms. The highest BCUT2D eigenvalue weighted by Gasteiger charge is 2.20. The second-order valence-corrected chi connectivity index (χ2v) is 5.66. The lowest BCUT2D eigenvalue weighted by atomic mass is 9.89. The summed E-state index contributed by atoms with van der Waals surface area (Å²) in [5.41, 5.74) is 2.80. The maximum absolute atomic E-state index is 12.6. The summed E-state index contributed by atoms with van der Waals surface area (Å²) in [6, 6.07) is 21.0. The van der Waals surface area contributed by atoms with E-state index in [9.17, 15) is 4.79 Å². The Kier molecular flexibility index (Phi) is 4.40. The van der Waals surface area contributed by atoms with Crippen molar-refractivity contribution in [3.8, 4) is 0 Å². The van der Waals surface area contributed by atoms with E-state index in [2.05, 4.69) is 4.98 Å². The van der Waals surface area contributed by atoms with Crippen LogP contribution < -0.4 is 0 Å². The van der Waals surface area contributed by atoms with Gasteiger partial charge in [-0.25, -0.2) is 0 Å². The normalized spacial score (nSPS) is 12.0. The maximum atomic E-state index is 12.6. The molecule has 1 N–H and O–H groups in total. The molecule has 0 radical (unpaired) electrons. The standard InChI is InChI=1S/C19H16ClNO/c20-16-9-4-8-15(12-16)17(18-10-5-11-21-18)13-19(22)14-6-2-1-3-7-14/h1-12,17,21H,13H2/t17-/m0/s1. The number of aromatic nitrogens is 1. The smallest absolute Gasteiger partial charge is 0.163 e. The Hall–Kier alpha value is -2.32. The highest BCUT2D eigenvalue weighted by Crippen LogP contribution is 2.29. The van der Waals surface area contributed by atoms with Gasteiger partial charge in [0.05, 0.1) is 0 Å². The minimum absolute atomic E-state index is 0.0265. The van der Waals surface area contributed by atoms with E-state index in [1.165, 1.54) is 0 Å². The molecule has 3 rings (SSSR count). The van der Waals surface area contributed by atoms with Gasteiger partial charge in [-0.1, -0.05) is 54.1 Å². The highest BCUT2D eigenvalue weighted by atomic mass is 35.5.